The van der Waals surface area contributed by atoms with Gasteiger partial charge in [-0.2, -0.15) is 4.98 Å². The van der Waals surface area contributed by atoms with Gasteiger partial charge in [-0.1, -0.05) is 32.0 Å². The van der Waals surface area contributed by atoms with Crippen molar-refractivity contribution in [1.82, 2.24) is 19.8 Å². The van der Waals surface area contributed by atoms with Crippen LogP contribution in [0.15, 0.2) is 41.3 Å². The highest BCUT2D eigenvalue weighted by molar-refractivity contribution is 5.82. The van der Waals surface area contributed by atoms with E-state index in [1.54, 1.807) is 32.2 Å². The zero-order valence-electron chi connectivity index (χ0n) is 26.3. The summed E-state index contributed by atoms with van der Waals surface area (Å²) in [6.45, 7) is 12.4. The van der Waals surface area contributed by atoms with E-state index in [1.165, 1.54) is 4.57 Å². The van der Waals surface area contributed by atoms with Gasteiger partial charge in [0.15, 0.2) is 0 Å². The zero-order chi connectivity index (χ0) is 32.3. The van der Waals surface area contributed by atoms with Gasteiger partial charge < -0.3 is 10.4 Å². The van der Waals surface area contributed by atoms with E-state index in [0.29, 0.717) is 37.3 Å². The van der Waals surface area contributed by atoms with E-state index in [0.717, 1.165) is 27.8 Å². The highest BCUT2D eigenvalue weighted by atomic mass is 19.1. The van der Waals surface area contributed by atoms with Crippen LogP contribution in [0.4, 0.5) is 8.78 Å². The lowest BCUT2D eigenvalue weighted by molar-refractivity contribution is -0.138. The van der Waals surface area contributed by atoms with E-state index in [-0.39, 0.29) is 17.9 Å². The van der Waals surface area contributed by atoms with Crippen LogP contribution in [0.25, 0.3) is 11.1 Å². The quantitative estimate of drug-likeness (QED) is 0.286. The molecule has 3 aromatic rings. The standard InChI is InChI=1S/C34H42F2N4O4/c1-19(2)12-29(40-16-24(23(6)37-34(40)44)10-11-39-17-26(35)18-39)33(43)38-28(15-30(41)42)27-14-25(13-22(5)32(27)36)31-20(3)8-7-9-21(31)4/h7-9,13-14,16,19,26,28-29H,10-12,15,17-18H2,1-6H3,(H,38,43)(H,41,42)/t28-,29-/m0/s1. The van der Waals surface area contributed by atoms with Crippen molar-refractivity contribution in [3.8, 4) is 11.1 Å². The number of amides is 1. The minimum Gasteiger partial charge on any atom is -0.481 e. The molecule has 0 saturated carbocycles. The van der Waals surface area contributed by atoms with Crippen LogP contribution in [0.5, 0.6) is 0 Å². The smallest absolute Gasteiger partial charge is 0.348 e. The molecule has 0 aliphatic carbocycles. The summed E-state index contributed by atoms with van der Waals surface area (Å²) in [4.78, 5) is 45.2. The van der Waals surface area contributed by atoms with Crippen molar-refractivity contribution in [3.63, 3.8) is 0 Å². The topological polar surface area (TPSA) is 105 Å². The number of carboxylic acids is 1. The van der Waals surface area contributed by atoms with Gasteiger partial charge in [0.1, 0.15) is 18.0 Å². The lowest BCUT2D eigenvalue weighted by atomic mass is 9.90. The van der Waals surface area contributed by atoms with E-state index in [1.807, 2.05) is 50.8 Å². The fourth-order valence-corrected chi connectivity index (χ4v) is 5.97. The molecule has 0 spiro atoms. The molecule has 236 valence electrons. The number of aromatic nitrogens is 2. The molecular weight excluding hydrogens is 566 g/mol. The van der Waals surface area contributed by atoms with Gasteiger partial charge in [-0.25, -0.2) is 13.6 Å². The van der Waals surface area contributed by atoms with E-state index in [2.05, 4.69) is 10.3 Å². The minimum absolute atomic E-state index is 0.00533. The van der Waals surface area contributed by atoms with Gasteiger partial charge in [-0.05, 0) is 92.0 Å². The molecule has 44 heavy (non-hydrogen) atoms. The maximum Gasteiger partial charge on any atom is 0.348 e. The number of nitrogens with one attached hydrogen (secondary N) is 1. The average molecular weight is 609 g/mol. The Morgan fingerprint density at radius 1 is 1.09 bits per heavy atom. The first kappa shape index (κ1) is 33.0. The van der Waals surface area contributed by atoms with Crippen LogP contribution in [-0.2, 0) is 16.0 Å². The molecule has 1 aliphatic rings. The number of hydrogen-bond donors (Lipinski definition) is 2. The van der Waals surface area contributed by atoms with Crippen LogP contribution in [0.1, 0.15) is 72.3 Å². The number of carbonyl (C=O) groups is 2. The number of benzene rings is 2. The van der Waals surface area contributed by atoms with Gasteiger partial charge in [0.25, 0.3) is 0 Å². The number of carboxylic acid groups (broad SMARTS) is 1. The van der Waals surface area contributed by atoms with Crippen molar-refractivity contribution in [2.24, 2.45) is 5.92 Å². The molecule has 0 radical (unpaired) electrons. The van der Waals surface area contributed by atoms with Crippen molar-refractivity contribution in [1.29, 1.82) is 0 Å². The maximum atomic E-state index is 15.7. The predicted octanol–water partition coefficient (Wildman–Crippen LogP) is 5.40. The van der Waals surface area contributed by atoms with Crippen LogP contribution < -0.4 is 11.0 Å². The average Bonchev–Trinajstić information content (AvgIpc) is 2.91. The first-order valence-electron chi connectivity index (χ1n) is 15.1. The number of alkyl halides is 1. The summed E-state index contributed by atoms with van der Waals surface area (Å²) in [7, 11) is 0. The molecule has 2 heterocycles. The Labute approximate surface area is 257 Å². The van der Waals surface area contributed by atoms with Gasteiger partial charge in [0, 0.05) is 37.1 Å². The molecule has 0 bridgehead atoms. The number of carbonyl (C=O) groups excluding carboxylic acids is 1. The van der Waals surface area contributed by atoms with Crippen LogP contribution in [0, 0.1) is 39.4 Å². The highest BCUT2D eigenvalue weighted by Crippen LogP contribution is 2.33. The Hall–Kier alpha value is -3.92. The third-order valence-corrected chi connectivity index (χ3v) is 8.31. The zero-order valence-corrected chi connectivity index (χ0v) is 26.3. The van der Waals surface area contributed by atoms with Gasteiger partial charge in [-0.3, -0.25) is 19.1 Å². The Balaban J connectivity index is 1.71. The summed E-state index contributed by atoms with van der Waals surface area (Å²) in [6, 6.07) is 6.99. The molecule has 1 amide bonds. The summed E-state index contributed by atoms with van der Waals surface area (Å²) in [5.41, 5.74) is 4.70. The normalized spacial score (nSPS) is 15.2. The molecule has 2 N–H and O–H groups in total. The SMILES string of the molecule is Cc1cc(-c2c(C)cccc2C)cc([C@H](CC(=O)O)NC(=O)[C@H](CC(C)C)n2cc(CCN3CC(F)C3)c(C)nc2=O)c1F. The molecule has 10 heteroatoms. The van der Waals surface area contributed by atoms with Crippen molar-refractivity contribution in [2.45, 2.75) is 79.1 Å². The minimum atomic E-state index is -1.21. The van der Waals surface area contributed by atoms with Crippen molar-refractivity contribution in [3.05, 3.63) is 86.3 Å². The molecule has 2 aromatic carbocycles. The Morgan fingerprint density at radius 3 is 2.34 bits per heavy atom. The molecule has 1 fully saturated rings. The second-order valence-corrected chi connectivity index (χ2v) is 12.4. The number of aliphatic carboxylic acids is 1. The number of halogens is 2. The summed E-state index contributed by atoms with van der Waals surface area (Å²) >= 11 is 0. The third-order valence-electron chi connectivity index (χ3n) is 8.31. The maximum absolute atomic E-state index is 15.7. The molecule has 1 aliphatic heterocycles. The van der Waals surface area contributed by atoms with Crippen molar-refractivity contribution in [2.75, 3.05) is 19.6 Å². The monoisotopic (exact) mass is 608 g/mol. The predicted molar refractivity (Wildman–Crippen MR) is 166 cm³/mol. The molecule has 2 atom stereocenters. The second kappa shape index (κ2) is 13.8. The second-order valence-electron chi connectivity index (χ2n) is 12.4. The molecule has 1 saturated heterocycles. The number of likely N-dealkylation sites (tertiary alicyclic amines) is 1. The van der Waals surface area contributed by atoms with Crippen LogP contribution in [-0.4, -0.2) is 57.2 Å². The van der Waals surface area contributed by atoms with Crippen molar-refractivity contribution >= 4 is 11.9 Å². The fraction of sp³-hybridized carbons (Fsp3) is 0.471. The Kier molecular flexibility index (Phi) is 10.3. The lowest BCUT2D eigenvalue weighted by Gasteiger charge is -2.34. The third kappa shape index (κ3) is 7.59. The fourth-order valence-electron chi connectivity index (χ4n) is 5.97. The largest absolute Gasteiger partial charge is 0.481 e. The van der Waals surface area contributed by atoms with Gasteiger partial charge in [0.05, 0.1) is 12.5 Å². The van der Waals surface area contributed by atoms with E-state index in [4.69, 9.17) is 0 Å². The highest BCUT2D eigenvalue weighted by Gasteiger charge is 2.30. The molecular formula is C34H42F2N4O4. The van der Waals surface area contributed by atoms with Crippen LogP contribution >= 0.6 is 0 Å². The molecule has 4 rings (SSSR count). The molecule has 1 aromatic heterocycles. The van der Waals surface area contributed by atoms with Crippen molar-refractivity contribution < 1.29 is 23.5 Å². The van der Waals surface area contributed by atoms with Gasteiger partial charge >= 0.3 is 11.7 Å². The Bertz CT molecular complexity index is 1580. The first-order valence-corrected chi connectivity index (χ1v) is 15.1. The van der Waals surface area contributed by atoms with E-state index < -0.39 is 48.1 Å². The lowest BCUT2D eigenvalue weighted by Crippen LogP contribution is -2.49. The summed E-state index contributed by atoms with van der Waals surface area (Å²) < 4.78 is 30.3. The van der Waals surface area contributed by atoms with E-state index >= 15 is 4.39 Å². The Morgan fingerprint density at radius 2 is 1.75 bits per heavy atom. The summed E-state index contributed by atoms with van der Waals surface area (Å²) in [6.07, 6.45) is 1.05. The molecule has 8 nitrogen and oxygen atoms in total. The summed E-state index contributed by atoms with van der Waals surface area (Å²) in [5, 5.41) is 12.6. The van der Waals surface area contributed by atoms with Crippen LogP contribution in [0.3, 0.4) is 0 Å². The number of aryl methyl sites for hydroxylation is 4. The first-order chi connectivity index (χ1) is 20.7. The number of nitrogens with zero attached hydrogens (tertiary/aromatic N) is 3. The molecule has 0 unspecified atom stereocenters. The van der Waals surface area contributed by atoms with Gasteiger partial charge in [0.2, 0.25) is 5.91 Å². The van der Waals surface area contributed by atoms with Crippen LogP contribution in [0.2, 0.25) is 0 Å². The summed E-state index contributed by atoms with van der Waals surface area (Å²) in [5.74, 6) is -2.40. The number of hydrogen-bond acceptors (Lipinski definition) is 5. The number of rotatable bonds is 12. The van der Waals surface area contributed by atoms with E-state index in [9.17, 15) is 23.9 Å². The van der Waals surface area contributed by atoms with Gasteiger partial charge in [-0.15, -0.1) is 0 Å².